The summed E-state index contributed by atoms with van der Waals surface area (Å²) in [5.41, 5.74) is 4.32. The van der Waals surface area contributed by atoms with Gasteiger partial charge in [-0.15, -0.1) is 0 Å². The number of ether oxygens (including phenoxy) is 1. The number of hydrogen-bond donors (Lipinski definition) is 2. The van der Waals surface area contributed by atoms with Crippen LogP contribution in [0.2, 0.25) is 0 Å². The average molecular weight is 560 g/mol. The molecule has 0 atom stereocenters. The van der Waals surface area contributed by atoms with Gasteiger partial charge in [-0.2, -0.15) is 5.10 Å². The van der Waals surface area contributed by atoms with E-state index < -0.39 is 22.5 Å². The summed E-state index contributed by atoms with van der Waals surface area (Å²) in [5.74, 6) is -0.172. The van der Waals surface area contributed by atoms with Crippen LogP contribution in [0.5, 0.6) is 11.5 Å². The number of hydrazone groups is 1. The van der Waals surface area contributed by atoms with Gasteiger partial charge in [0, 0.05) is 0 Å². The summed E-state index contributed by atoms with van der Waals surface area (Å²) in [6.45, 7) is 3.61. The maximum Gasteiger partial charge on any atom is 0.264 e. The van der Waals surface area contributed by atoms with Crippen molar-refractivity contribution >= 4 is 43.8 Å². The predicted molar refractivity (Wildman–Crippen MR) is 140 cm³/mol. The zero-order chi connectivity index (χ0) is 25.6. The van der Waals surface area contributed by atoms with Crippen molar-refractivity contribution < 1.29 is 23.1 Å². The lowest BCUT2D eigenvalue weighted by Gasteiger charge is -2.24. The summed E-state index contributed by atoms with van der Waals surface area (Å²) < 4.78 is 33.3. The molecule has 0 aliphatic heterocycles. The van der Waals surface area contributed by atoms with Gasteiger partial charge >= 0.3 is 0 Å². The van der Waals surface area contributed by atoms with Crippen molar-refractivity contribution in [2.45, 2.75) is 24.7 Å². The number of carbonyl (C=O) groups is 1. The third-order valence-corrected chi connectivity index (χ3v) is 7.53. The number of amides is 1. The first-order valence-electron chi connectivity index (χ1n) is 10.7. The molecule has 0 fully saturated rings. The van der Waals surface area contributed by atoms with Gasteiger partial charge in [-0.25, -0.2) is 13.8 Å². The van der Waals surface area contributed by atoms with E-state index in [9.17, 15) is 18.3 Å². The Morgan fingerprint density at radius 3 is 2.40 bits per heavy atom. The molecule has 0 unspecified atom stereocenters. The molecule has 0 bridgehead atoms. The van der Waals surface area contributed by atoms with Crippen LogP contribution in [0.15, 0.2) is 81.2 Å². The largest absolute Gasteiger partial charge is 0.503 e. The van der Waals surface area contributed by atoms with Gasteiger partial charge in [-0.05, 0) is 69.4 Å². The summed E-state index contributed by atoms with van der Waals surface area (Å²) >= 11 is 3.22. The SMILES string of the molecule is COc1cc(/C=N\NC(=O)CN(c2ccc(C(C)C)cc2)S(=O)(=O)c2ccccc2)cc(Br)c1O. The number of anilines is 1. The number of phenols is 1. The molecule has 3 rings (SSSR count). The van der Waals surface area contributed by atoms with Crippen LogP contribution in [-0.2, 0) is 14.8 Å². The minimum atomic E-state index is -4.01. The van der Waals surface area contributed by atoms with Crippen LogP contribution in [0.4, 0.5) is 5.69 Å². The molecule has 0 aliphatic rings. The van der Waals surface area contributed by atoms with E-state index in [1.54, 1.807) is 36.4 Å². The molecule has 0 saturated carbocycles. The van der Waals surface area contributed by atoms with Gasteiger partial charge in [0.25, 0.3) is 15.9 Å². The lowest BCUT2D eigenvalue weighted by atomic mass is 10.0. The summed E-state index contributed by atoms with van der Waals surface area (Å²) in [6, 6.07) is 18.1. The number of rotatable bonds is 9. The quantitative estimate of drug-likeness (QED) is 0.293. The zero-order valence-electron chi connectivity index (χ0n) is 19.5. The van der Waals surface area contributed by atoms with Crippen LogP contribution < -0.4 is 14.5 Å². The van der Waals surface area contributed by atoms with Gasteiger partial charge < -0.3 is 9.84 Å². The van der Waals surface area contributed by atoms with Crippen molar-refractivity contribution in [3.63, 3.8) is 0 Å². The number of halogens is 1. The molecule has 0 radical (unpaired) electrons. The van der Waals surface area contributed by atoms with Crippen molar-refractivity contribution in [1.29, 1.82) is 0 Å². The normalized spacial score (nSPS) is 11.6. The lowest BCUT2D eigenvalue weighted by Crippen LogP contribution is -2.39. The second-order valence-electron chi connectivity index (χ2n) is 7.92. The van der Waals surface area contributed by atoms with Gasteiger partial charge in [-0.1, -0.05) is 44.2 Å². The predicted octanol–water partition coefficient (Wildman–Crippen LogP) is 4.63. The molecule has 10 heteroatoms. The maximum absolute atomic E-state index is 13.4. The highest BCUT2D eigenvalue weighted by molar-refractivity contribution is 9.10. The van der Waals surface area contributed by atoms with E-state index in [2.05, 4.69) is 26.5 Å². The minimum absolute atomic E-state index is 0.0565. The van der Waals surface area contributed by atoms with Crippen LogP contribution in [0.25, 0.3) is 0 Å². The molecule has 0 spiro atoms. The Morgan fingerprint density at radius 2 is 1.80 bits per heavy atom. The zero-order valence-corrected chi connectivity index (χ0v) is 21.9. The average Bonchev–Trinajstić information content (AvgIpc) is 2.85. The summed E-state index contributed by atoms with van der Waals surface area (Å²) in [4.78, 5) is 12.8. The Hall–Kier alpha value is -3.37. The molecule has 3 aromatic carbocycles. The standard InChI is InChI=1S/C25H26BrN3O5S/c1-17(2)19-9-11-20(12-10-19)29(35(32,33)21-7-5-4-6-8-21)16-24(30)28-27-15-18-13-22(26)25(31)23(14-18)34-3/h4-15,17,31H,16H2,1-3H3,(H,28,30)/b27-15-. The molecule has 2 N–H and O–H groups in total. The number of sulfonamides is 1. The van der Waals surface area contributed by atoms with Gasteiger partial charge in [0.05, 0.1) is 28.4 Å². The first kappa shape index (κ1) is 26.2. The van der Waals surface area contributed by atoms with E-state index >= 15 is 0 Å². The fraction of sp³-hybridized carbons (Fsp3) is 0.200. The third-order valence-electron chi connectivity index (χ3n) is 5.14. The minimum Gasteiger partial charge on any atom is -0.503 e. The first-order chi connectivity index (χ1) is 16.6. The number of aromatic hydroxyl groups is 1. The topological polar surface area (TPSA) is 108 Å². The molecule has 0 saturated heterocycles. The second kappa shape index (κ2) is 11.4. The highest BCUT2D eigenvalue weighted by Gasteiger charge is 2.27. The van der Waals surface area contributed by atoms with Crippen molar-refractivity contribution in [3.8, 4) is 11.5 Å². The van der Waals surface area contributed by atoms with Crippen molar-refractivity contribution in [2.75, 3.05) is 18.0 Å². The Kier molecular flexibility index (Phi) is 8.52. The summed E-state index contributed by atoms with van der Waals surface area (Å²) in [5, 5.41) is 13.8. The second-order valence-corrected chi connectivity index (χ2v) is 10.6. The number of benzene rings is 3. The molecule has 0 aliphatic carbocycles. The van der Waals surface area contributed by atoms with Crippen LogP contribution in [0.1, 0.15) is 30.9 Å². The molecular weight excluding hydrogens is 534 g/mol. The fourth-order valence-corrected chi connectivity index (χ4v) is 5.13. The van der Waals surface area contributed by atoms with Gasteiger partial charge in [0.15, 0.2) is 11.5 Å². The Labute approximate surface area is 213 Å². The van der Waals surface area contributed by atoms with E-state index in [0.717, 1.165) is 9.87 Å². The van der Waals surface area contributed by atoms with Gasteiger partial charge in [0.2, 0.25) is 0 Å². The monoisotopic (exact) mass is 559 g/mol. The highest BCUT2D eigenvalue weighted by atomic mass is 79.9. The Balaban J connectivity index is 1.84. The molecule has 0 aromatic heterocycles. The van der Waals surface area contributed by atoms with E-state index in [0.29, 0.717) is 15.7 Å². The van der Waals surface area contributed by atoms with Crippen LogP contribution in [-0.4, -0.2) is 39.3 Å². The maximum atomic E-state index is 13.4. The summed E-state index contributed by atoms with van der Waals surface area (Å²) in [7, 11) is -2.59. The number of nitrogens with one attached hydrogen (secondary N) is 1. The van der Waals surface area contributed by atoms with Crippen molar-refractivity contribution in [1.82, 2.24) is 5.43 Å². The van der Waals surface area contributed by atoms with Crippen LogP contribution in [0.3, 0.4) is 0 Å². The molecular formula is C25H26BrN3O5S. The van der Waals surface area contributed by atoms with Crippen molar-refractivity contribution in [2.24, 2.45) is 5.10 Å². The number of carbonyl (C=O) groups excluding carboxylic acids is 1. The van der Waals surface area contributed by atoms with Crippen LogP contribution >= 0.6 is 15.9 Å². The molecule has 1 amide bonds. The highest BCUT2D eigenvalue weighted by Crippen LogP contribution is 2.34. The molecule has 8 nitrogen and oxygen atoms in total. The molecule has 3 aromatic rings. The van der Waals surface area contributed by atoms with Gasteiger partial charge in [-0.3, -0.25) is 9.10 Å². The molecule has 35 heavy (non-hydrogen) atoms. The van der Waals surface area contributed by atoms with E-state index in [4.69, 9.17) is 4.74 Å². The number of hydrogen-bond acceptors (Lipinski definition) is 6. The third kappa shape index (κ3) is 6.40. The smallest absolute Gasteiger partial charge is 0.264 e. The molecule has 0 heterocycles. The van der Waals surface area contributed by atoms with Gasteiger partial charge in [0.1, 0.15) is 6.54 Å². The Bertz CT molecular complexity index is 1310. The lowest BCUT2D eigenvalue weighted by molar-refractivity contribution is -0.119. The van der Waals surface area contributed by atoms with Crippen LogP contribution in [0, 0.1) is 0 Å². The fourth-order valence-electron chi connectivity index (χ4n) is 3.23. The first-order valence-corrected chi connectivity index (χ1v) is 12.9. The number of methoxy groups -OCH3 is 1. The molecule has 184 valence electrons. The van der Waals surface area contributed by atoms with E-state index in [-0.39, 0.29) is 22.3 Å². The number of nitrogens with zero attached hydrogens (tertiary/aromatic N) is 2. The van der Waals surface area contributed by atoms with Crippen molar-refractivity contribution in [3.05, 3.63) is 82.3 Å². The van der Waals surface area contributed by atoms with E-state index in [1.807, 2.05) is 26.0 Å². The Morgan fingerprint density at radius 1 is 1.14 bits per heavy atom. The van der Waals surface area contributed by atoms with E-state index in [1.165, 1.54) is 31.5 Å². The summed E-state index contributed by atoms with van der Waals surface area (Å²) in [6.07, 6.45) is 1.36. The number of phenolic OH excluding ortho intramolecular Hbond substituents is 1.